The van der Waals surface area contributed by atoms with Crippen LogP contribution in [0.5, 0.6) is 0 Å². The summed E-state index contributed by atoms with van der Waals surface area (Å²) in [7, 11) is 0. The zero-order chi connectivity index (χ0) is 4.83. The normalized spacial score (nSPS) is 7.71. The van der Waals surface area contributed by atoms with Crippen LogP contribution in [0.2, 0.25) is 0 Å². The molecule has 0 N–H and O–H groups in total. The predicted octanol–water partition coefficient (Wildman–Crippen LogP) is -0.297. The maximum absolute atomic E-state index is 2.23. The van der Waals surface area contributed by atoms with Crippen molar-refractivity contribution in [2.75, 3.05) is 0 Å². The van der Waals surface area contributed by atoms with Gasteiger partial charge in [0.1, 0.15) is 0 Å². The van der Waals surface area contributed by atoms with E-state index in [1.165, 1.54) is 25.7 Å². The van der Waals surface area contributed by atoms with Gasteiger partial charge in [0.05, 0.1) is 0 Å². The van der Waals surface area contributed by atoms with Crippen LogP contribution in [0.25, 0.3) is 0 Å². The van der Waals surface area contributed by atoms with Crippen LogP contribution in [0.3, 0.4) is 0 Å². The van der Waals surface area contributed by atoms with Crippen molar-refractivity contribution in [2.24, 2.45) is 0 Å². The summed E-state index contributed by atoms with van der Waals surface area (Å²) in [5.74, 6) is 0. The van der Waals surface area contributed by atoms with E-state index in [0.29, 0.717) is 0 Å². The number of hydrogen-bond donors (Lipinski definition) is 0. The Hall–Kier alpha value is 1.81. The molecule has 0 aromatic rings. The molecule has 0 aliphatic rings. The average Bonchev–Trinajstić information content (AvgIpc) is 1.61. The van der Waals surface area contributed by atoms with Gasteiger partial charge in [-0.05, 0) is 0 Å². The largest absolute Gasteiger partial charge is 1.00 e. The van der Waals surface area contributed by atoms with Crippen molar-refractivity contribution in [1.82, 2.24) is 0 Å². The average molecular weight is 173 g/mol. The van der Waals surface area contributed by atoms with Gasteiger partial charge in [0.2, 0.25) is 0 Å². The molecule has 0 aromatic heterocycles. The molecule has 40 valence electrons. The monoisotopic (exact) mass is 172 g/mol. The first kappa shape index (κ1) is 11.6. The second kappa shape index (κ2) is 10.7. The maximum atomic E-state index is 2.23. The summed E-state index contributed by atoms with van der Waals surface area (Å²) in [4.78, 5) is 0. The first-order valence-electron chi connectivity index (χ1n) is 2.91. The van der Waals surface area contributed by atoms with Crippen LogP contribution in [0.15, 0.2) is 0 Å². The van der Waals surface area contributed by atoms with Crippen molar-refractivity contribution >= 4 is 0 Å². The Morgan fingerprint density at radius 3 is 1.43 bits per heavy atom. The third kappa shape index (κ3) is 11.4. The third-order valence-corrected chi connectivity index (χ3v) is 0.957. The van der Waals surface area contributed by atoms with Gasteiger partial charge < -0.3 is 1.43 Å². The minimum atomic E-state index is 0. The fourth-order valence-electron chi connectivity index (χ4n) is 0.500. The van der Waals surface area contributed by atoms with Crippen LogP contribution in [-0.4, -0.2) is 0 Å². The zero-order valence-electron chi connectivity index (χ0n) is 6.83. The molecular formula is C6H15Rb. The standard InChI is InChI=1S/C6H14.Rb.H/c1-3-5-6-4-2;;/h3-6H2,1-2H3;;/q;+1;-1. The molecule has 0 amide bonds. The quantitative estimate of drug-likeness (QED) is 0.513. The van der Waals surface area contributed by atoms with Crippen LogP contribution < -0.4 is 58.2 Å². The molecule has 0 heterocycles. The van der Waals surface area contributed by atoms with Crippen molar-refractivity contribution in [2.45, 2.75) is 39.5 Å². The molecule has 7 heavy (non-hydrogen) atoms. The first-order valence-corrected chi connectivity index (χ1v) is 2.91. The van der Waals surface area contributed by atoms with E-state index in [1.807, 2.05) is 0 Å². The molecule has 0 aliphatic carbocycles. The second-order valence-corrected chi connectivity index (χ2v) is 1.71. The molecule has 0 aliphatic heterocycles. The van der Waals surface area contributed by atoms with Crippen molar-refractivity contribution < 1.29 is 59.6 Å². The van der Waals surface area contributed by atoms with E-state index < -0.39 is 0 Å². The van der Waals surface area contributed by atoms with Crippen molar-refractivity contribution in [3.8, 4) is 0 Å². The van der Waals surface area contributed by atoms with Crippen LogP contribution in [-0.2, 0) is 0 Å². The topological polar surface area (TPSA) is 0 Å². The summed E-state index contributed by atoms with van der Waals surface area (Å²) in [6.07, 6.45) is 5.54. The molecule has 0 saturated heterocycles. The Labute approximate surface area is 97.3 Å². The van der Waals surface area contributed by atoms with Gasteiger partial charge >= 0.3 is 58.2 Å². The summed E-state index contributed by atoms with van der Waals surface area (Å²) in [6.45, 7) is 4.46. The van der Waals surface area contributed by atoms with Crippen LogP contribution in [0, 0.1) is 0 Å². The van der Waals surface area contributed by atoms with Gasteiger partial charge in [-0.3, -0.25) is 0 Å². The van der Waals surface area contributed by atoms with Gasteiger partial charge in [-0.25, -0.2) is 0 Å². The van der Waals surface area contributed by atoms with Gasteiger partial charge in [0.25, 0.3) is 0 Å². The van der Waals surface area contributed by atoms with E-state index in [1.54, 1.807) is 0 Å². The van der Waals surface area contributed by atoms with Crippen LogP contribution in [0.1, 0.15) is 41.0 Å². The van der Waals surface area contributed by atoms with Gasteiger partial charge in [-0.15, -0.1) is 0 Å². The summed E-state index contributed by atoms with van der Waals surface area (Å²) in [5, 5.41) is 0. The summed E-state index contributed by atoms with van der Waals surface area (Å²) in [6, 6.07) is 0. The first-order chi connectivity index (χ1) is 2.91. The number of rotatable bonds is 3. The van der Waals surface area contributed by atoms with Crippen LogP contribution >= 0.6 is 0 Å². The Morgan fingerprint density at radius 1 is 1.00 bits per heavy atom. The molecule has 1 heteroatoms. The smallest absolute Gasteiger partial charge is 1.00 e. The molecule has 0 bridgehead atoms. The fourth-order valence-corrected chi connectivity index (χ4v) is 0.500. The van der Waals surface area contributed by atoms with E-state index in [9.17, 15) is 0 Å². The second-order valence-electron chi connectivity index (χ2n) is 1.71. The zero-order valence-corrected chi connectivity index (χ0v) is 10.7. The van der Waals surface area contributed by atoms with E-state index in [-0.39, 0.29) is 59.6 Å². The molecule has 0 unspecified atom stereocenters. The Bertz CT molecular complexity index is 20.5. The fraction of sp³-hybridized carbons (Fsp3) is 1.00. The molecule has 0 saturated carbocycles. The SMILES string of the molecule is CCCCCC.[H-].[Rb+]. The molecule has 0 radical (unpaired) electrons. The Morgan fingerprint density at radius 2 is 1.29 bits per heavy atom. The summed E-state index contributed by atoms with van der Waals surface area (Å²) >= 11 is 0. The van der Waals surface area contributed by atoms with Gasteiger partial charge in [0.15, 0.2) is 0 Å². The molecular weight excluding hydrogens is 158 g/mol. The van der Waals surface area contributed by atoms with E-state index >= 15 is 0 Å². The van der Waals surface area contributed by atoms with E-state index in [4.69, 9.17) is 0 Å². The molecule has 0 fully saturated rings. The maximum Gasteiger partial charge on any atom is 1.00 e. The minimum absolute atomic E-state index is 0. The summed E-state index contributed by atoms with van der Waals surface area (Å²) in [5.41, 5.74) is 0. The number of hydrogen-bond acceptors (Lipinski definition) is 0. The van der Waals surface area contributed by atoms with Gasteiger partial charge in [0, 0.05) is 0 Å². The van der Waals surface area contributed by atoms with Gasteiger partial charge in [-0.1, -0.05) is 39.5 Å². The van der Waals surface area contributed by atoms with E-state index in [2.05, 4.69) is 13.8 Å². The van der Waals surface area contributed by atoms with E-state index in [0.717, 1.165) is 0 Å². The molecule has 0 aromatic carbocycles. The van der Waals surface area contributed by atoms with Crippen LogP contribution in [0.4, 0.5) is 0 Å². The predicted molar refractivity (Wildman–Crippen MR) is 30.9 cm³/mol. The van der Waals surface area contributed by atoms with Crippen molar-refractivity contribution in [1.29, 1.82) is 0 Å². The molecule has 0 rings (SSSR count). The Balaban J connectivity index is -0.000000125. The van der Waals surface area contributed by atoms with Crippen molar-refractivity contribution in [3.63, 3.8) is 0 Å². The summed E-state index contributed by atoms with van der Waals surface area (Å²) < 4.78 is 0. The van der Waals surface area contributed by atoms with Gasteiger partial charge in [-0.2, -0.15) is 0 Å². The minimum Gasteiger partial charge on any atom is -1.00 e. The van der Waals surface area contributed by atoms with Crippen molar-refractivity contribution in [3.05, 3.63) is 0 Å². The third-order valence-electron chi connectivity index (χ3n) is 0.957. The molecule has 0 spiro atoms. The number of unbranched alkanes of at least 4 members (excludes halogenated alkanes) is 3. The molecule has 0 atom stereocenters. The Kier molecular flexibility index (Phi) is 17.7. The molecule has 0 nitrogen and oxygen atoms in total.